The summed E-state index contributed by atoms with van der Waals surface area (Å²) in [5.41, 5.74) is 1.42. The highest BCUT2D eigenvalue weighted by Gasteiger charge is 2.33. The van der Waals surface area contributed by atoms with E-state index in [-0.39, 0.29) is 5.56 Å². The maximum atomic E-state index is 13.5. The minimum Gasteiger partial charge on any atom is -0.497 e. The Kier molecular flexibility index (Phi) is 5.79. The summed E-state index contributed by atoms with van der Waals surface area (Å²) in [6, 6.07) is 8.61. The van der Waals surface area contributed by atoms with Crippen LogP contribution in [0, 0.1) is 0 Å². The van der Waals surface area contributed by atoms with E-state index in [2.05, 4.69) is 4.99 Å². The van der Waals surface area contributed by atoms with Crippen LogP contribution in [0.25, 0.3) is 6.08 Å². The molecule has 1 aromatic carbocycles. The van der Waals surface area contributed by atoms with Crippen LogP contribution in [-0.2, 0) is 9.53 Å². The summed E-state index contributed by atoms with van der Waals surface area (Å²) in [5, 5.41) is 1.91. The second-order valence-corrected chi connectivity index (χ2v) is 8.69. The van der Waals surface area contributed by atoms with Crippen molar-refractivity contribution in [3.05, 3.63) is 77.1 Å². The van der Waals surface area contributed by atoms with Crippen LogP contribution in [0.15, 0.2) is 56.8 Å². The fourth-order valence-corrected chi connectivity index (χ4v) is 5.35. The topological polar surface area (TPSA) is 79.1 Å². The Morgan fingerprint density at radius 1 is 1.19 bits per heavy atom. The molecule has 1 aliphatic heterocycles. The number of thiazole rings is 1. The Morgan fingerprint density at radius 2 is 2.00 bits per heavy atom. The van der Waals surface area contributed by atoms with Gasteiger partial charge in [-0.1, -0.05) is 17.4 Å². The lowest BCUT2D eigenvalue weighted by molar-refractivity contribution is -0.136. The average Bonchev–Trinajstić information content (AvgIpc) is 3.41. The number of rotatable bonds is 5. The van der Waals surface area contributed by atoms with Crippen LogP contribution in [0.3, 0.4) is 0 Å². The van der Waals surface area contributed by atoms with Crippen LogP contribution in [-0.4, -0.2) is 31.9 Å². The van der Waals surface area contributed by atoms with Crippen LogP contribution in [0.2, 0.25) is 0 Å². The summed E-state index contributed by atoms with van der Waals surface area (Å²) in [6.45, 7) is 1.76. The molecule has 0 N–H and O–H groups in total. The van der Waals surface area contributed by atoms with Gasteiger partial charge in [0.25, 0.3) is 5.56 Å². The number of ether oxygens (including phenoxy) is 3. The zero-order chi connectivity index (χ0) is 22.1. The van der Waals surface area contributed by atoms with Gasteiger partial charge < -0.3 is 14.2 Å². The summed E-state index contributed by atoms with van der Waals surface area (Å²) < 4.78 is 17.8. The molecule has 7 nitrogen and oxygen atoms in total. The molecule has 4 rings (SSSR count). The first-order chi connectivity index (χ1) is 15.0. The van der Waals surface area contributed by atoms with Gasteiger partial charge in [-0.3, -0.25) is 9.36 Å². The third-order valence-corrected chi connectivity index (χ3v) is 6.87. The average molecular weight is 457 g/mol. The molecule has 3 aromatic rings. The van der Waals surface area contributed by atoms with E-state index in [0.717, 1.165) is 10.4 Å². The van der Waals surface area contributed by atoms with Crippen molar-refractivity contribution in [3.8, 4) is 11.5 Å². The highest BCUT2D eigenvalue weighted by Crippen LogP contribution is 2.33. The molecule has 0 amide bonds. The van der Waals surface area contributed by atoms with E-state index in [4.69, 9.17) is 14.2 Å². The molecule has 0 fully saturated rings. The highest BCUT2D eigenvalue weighted by molar-refractivity contribution is 7.10. The Balaban J connectivity index is 1.94. The molecule has 0 aliphatic carbocycles. The standard InChI is InChI=1S/C22H20N2O5S2/c1-12-18(21(26)29-4)19(16-6-5-9-30-16)24-20(25)17(31-22(24)23-12)10-13-7-8-14(27-2)11-15(13)28-3/h5-11,19H,1-4H3/b17-10+/t19-/m0/s1. The van der Waals surface area contributed by atoms with Crippen LogP contribution >= 0.6 is 22.7 Å². The third kappa shape index (κ3) is 3.70. The van der Waals surface area contributed by atoms with Gasteiger partial charge in [-0.25, -0.2) is 9.79 Å². The predicted octanol–water partition coefficient (Wildman–Crippen LogP) is 2.49. The molecule has 31 heavy (non-hydrogen) atoms. The highest BCUT2D eigenvalue weighted by atomic mass is 32.1. The number of fused-ring (bicyclic) bond motifs is 1. The van der Waals surface area contributed by atoms with Crippen LogP contribution in [0.4, 0.5) is 0 Å². The van der Waals surface area contributed by atoms with E-state index < -0.39 is 12.0 Å². The number of aromatic nitrogens is 1. The molecule has 0 bridgehead atoms. The Hall–Kier alpha value is -3.17. The minimum atomic E-state index is -0.580. The number of carbonyl (C=O) groups excluding carboxylic acids is 1. The quantitative estimate of drug-likeness (QED) is 0.551. The zero-order valence-corrected chi connectivity index (χ0v) is 19.0. The van der Waals surface area contributed by atoms with E-state index in [1.165, 1.54) is 29.8 Å². The number of thiophene rings is 1. The zero-order valence-electron chi connectivity index (χ0n) is 17.4. The number of methoxy groups -OCH3 is 3. The van der Waals surface area contributed by atoms with Gasteiger partial charge in [-0.2, -0.15) is 0 Å². The van der Waals surface area contributed by atoms with Gasteiger partial charge in [0.15, 0.2) is 4.80 Å². The van der Waals surface area contributed by atoms with Crippen molar-refractivity contribution in [3.63, 3.8) is 0 Å². The number of esters is 1. The number of carbonyl (C=O) groups is 1. The first kappa shape index (κ1) is 21.1. The van der Waals surface area contributed by atoms with E-state index >= 15 is 0 Å². The van der Waals surface area contributed by atoms with E-state index in [9.17, 15) is 9.59 Å². The van der Waals surface area contributed by atoms with Gasteiger partial charge >= 0.3 is 5.97 Å². The van der Waals surface area contributed by atoms with Crippen molar-refractivity contribution in [2.24, 2.45) is 4.99 Å². The number of allylic oxidation sites excluding steroid dienone is 1. The second kappa shape index (κ2) is 8.52. The number of nitrogens with zero attached hydrogens (tertiary/aromatic N) is 2. The Morgan fingerprint density at radius 3 is 2.65 bits per heavy atom. The first-order valence-electron chi connectivity index (χ1n) is 9.34. The molecule has 160 valence electrons. The molecular weight excluding hydrogens is 436 g/mol. The Bertz CT molecular complexity index is 1350. The first-order valence-corrected chi connectivity index (χ1v) is 11.0. The molecule has 9 heteroatoms. The van der Waals surface area contributed by atoms with Gasteiger partial charge in [0.2, 0.25) is 0 Å². The lowest BCUT2D eigenvalue weighted by Gasteiger charge is -2.22. The summed E-state index contributed by atoms with van der Waals surface area (Å²) in [4.78, 5) is 32.0. The fourth-order valence-electron chi connectivity index (χ4n) is 3.49. The van der Waals surface area contributed by atoms with Gasteiger partial charge in [-0.15, -0.1) is 11.3 Å². The van der Waals surface area contributed by atoms with Gasteiger partial charge in [0.05, 0.1) is 37.1 Å². The fraction of sp³-hybridized carbons (Fsp3) is 0.227. The number of hydrogen-bond donors (Lipinski definition) is 0. The normalized spacial score (nSPS) is 16.0. The summed E-state index contributed by atoms with van der Waals surface area (Å²) in [6.07, 6.45) is 1.77. The second-order valence-electron chi connectivity index (χ2n) is 6.70. The molecular formula is C22H20N2O5S2. The lowest BCUT2D eigenvalue weighted by Crippen LogP contribution is -2.39. The van der Waals surface area contributed by atoms with E-state index in [1.807, 2.05) is 23.6 Å². The molecule has 0 radical (unpaired) electrons. The van der Waals surface area contributed by atoms with Crippen molar-refractivity contribution >= 4 is 34.7 Å². The van der Waals surface area contributed by atoms with Crippen LogP contribution < -0.4 is 24.4 Å². The van der Waals surface area contributed by atoms with Crippen molar-refractivity contribution in [1.29, 1.82) is 0 Å². The van der Waals surface area contributed by atoms with Crippen LogP contribution in [0.1, 0.15) is 23.4 Å². The molecule has 2 aromatic heterocycles. The monoisotopic (exact) mass is 456 g/mol. The third-order valence-electron chi connectivity index (χ3n) is 4.97. The summed E-state index contributed by atoms with van der Waals surface area (Å²) in [5.74, 6) is 0.753. The lowest BCUT2D eigenvalue weighted by atomic mass is 10.0. The van der Waals surface area contributed by atoms with E-state index in [0.29, 0.717) is 32.1 Å². The number of benzene rings is 1. The predicted molar refractivity (Wildman–Crippen MR) is 120 cm³/mol. The minimum absolute atomic E-state index is 0.228. The molecule has 0 unspecified atom stereocenters. The van der Waals surface area contributed by atoms with Gasteiger partial charge in [-0.05, 0) is 36.6 Å². The molecule has 0 saturated heterocycles. The summed E-state index contributed by atoms with van der Waals surface area (Å²) in [7, 11) is 4.48. The van der Waals surface area contributed by atoms with Crippen molar-refractivity contribution in [2.45, 2.75) is 13.0 Å². The molecule has 0 saturated carbocycles. The Labute approximate surface area is 186 Å². The molecule has 1 aliphatic rings. The maximum Gasteiger partial charge on any atom is 0.338 e. The van der Waals surface area contributed by atoms with Crippen molar-refractivity contribution in [1.82, 2.24) is 4.57 Å². The van der Waals surface area contributed by atoms with Gasteiger partial charge in [0.1, 0.15) is 17.5 Å². The van der Waals surface area contributed by atoms with E-state index in [1.54, 1.807) is 43.9 Å². The van der Waals surface area contributed by atoms with Gasteiger partial charge in [0, 0.05) is 16.5 Å². The smallest absolute Gasteiger partial charge is 0.338 e. The largest absolute Gasteiger partial charge is 0.497 e. The SMILES string of the molecule is COC(=O)C1=C(C)N=c2s/c(=C/c3ccc(OC)cc3OC)c(=O)n2[C@H]1c1cccs1. The van der Waals surface area contributed by atoms with Crippen LogP contribution in [0.5, 0.6) is 11.5 Å². The number of hydrogen-bond acceptors (Lipinski definition) is 8. The molecule has 3 heterocycles. The molecule has 1 atom stereocenters. The summed E-state index contributed by atoms with van der Waals surface area (Å²) >= 11 is 2.75. The maximum absolute atomic E-state index is 13.5. The van der Waals surface area contributed by atoms with Crippen molar-refractivity contribution < 1.29 is 19.0 Å². The van der Waals surface area contributed by atoms with Crippen molar-refractivity contribution in [2.75, 3.05) is 21.3 Å². The molecule has 0 spiro atoms.